The van der Waals surface area contributed by atoms with Gasteiger partial charge in [-0.3, -0.25) is 0 Å². The average molecular weight is 600 g/mol. The second kappa shape index (κ2) is 12.1. The third-order valence-electron chi connectivity index (χ3n) is 7.34. The molecule has 0 aliphatic rings. The molecule has 0 fully saturated rings. The van der Waals surface area contributed by atoms with E-state index in [0.717, 1.165) is 38.9 Å². The summed E-state index contributed by atoms with van der Waals surface area (Å²) in [7, 11) is 0. The molecule has 46 heavy (non-hydrogen) atoms. The molecule has 0 bridgehead atoms. The van der Waals surface area contributed by atoms with Crippen LogP contribution in [-0.2, 0) is 0 Å². The molecule has 0 saturated carbocycles. The van der Waals surface area contributed by atoms with E-state index in [9.17, 15) is 0 Å². The highest BCUT2D eigenvalue weighted by atomic mass is 15.0. The van der Waals surface area contributed by atoms with Crippen molar-refractivity contribution < 1.29 is 0 Å². The van der Waals surface area contributed by atoms with Gasteiger partial charge in [-0.05, 0) is 57.0 Å². The topological polar surface area (TPSA) is 116 Å². The van der Waals surface area contributed by atoms with E-state index >= 15 is 0 Å². The molecule has 0 unspecified atom stereocenters. The van der Waals surface area contributed by atoms with Crippen LogP contribution >= 0.6 is 0 Å². The number of aromatic nitrogens is 9. The van der Waals surface area contributed by atoms with Crippen LogP contribution in [0.5, 0.6) is 0 Å². The molecule has 9 heteroatoms. The molecule has 0 aliphatic carbocycles. The molecule has 7 rings (SSSR count). The molecule has 3 heterocycles. The lowest BCUT2D eigenvalue weighted by atomic mass is 10.0. The van der Waals surface area contributed by atoms with E-state index in [1.54, 1.807) is 0 Å². The lowest BCUT2D eigenvalue weighted by Gasteiger charge is -2.12. The van der Waals surface area contributed by atoms with Crippen molar-refractivity contribution in [2.45, 2.75) is 27.7 Å². The number of hydrogen-bond acceptors (Lipinski definition) is 9. The van der Waals surface area contributed by atoms with Crippen LogP contribution in [-0.4, -0.2) is 44.9 Å². The summed E-state index contributed by atoms with van der Waals surface area (Å²) in [6.07, 6.45) is 0. The summed E-state index contributed by atoms with van der Waals surface area (Å²) in [6, 6.07) is 34.4. The van der Waals surface area contributed by atoms with Crippen molar-refractivity contribution in [1.82, 2.24) is 44.9 Å². The van der Waals surface area contributed by atoms with Crippen molar-refractivity contribution in [2.75, 3.05) is 0 Å². The summed E-state index contributed by atoms with van der Waals surface area (Å²) in [6.45, 7) is 7.42. The van der Waals surface area contributed by atoms with Crippen LogP contribution in [0.4, 0.5) is 0 Å². The molecule has 0 aliphatic heterocycles. The first-order valence-electron chi connectivity index (χ1n) is 14.9. The van der Waals surface area contributed by atoms with Gasteiger partial charge in [0.05, 0.1) is 0 Å². The SMILES string of the molecule is Cc1nc(C)nc(-c2cc(-c3nc(C)nc(C)n3)cc(-c3nc(-c4ccccc4)nc(-c4ccc(-c5ccccc5)cc4)n3)c2)n1. The third-order valence-corrected chi connectivity index (χ3v) is 7.34. The molecule has 0 N–H and O–H groups in total. The largest absolute Gasteiger partial charge is 0.219 e. The molecule has 222 valence electrons. The predicted octanol–water partition coefficient (Wildman–Crippen LogP) is 7.48. The standard InChI is InChI=1S/C37H29N9/c1-22-38-23(2)41-35(40-22)30-19-31(36-42-24(3)39-25(4)43-36)21-32(20-30)37-45-33(28-13-9-6-10-14-28)44-34(46-37)29-17-15-27(16-18-29)26-11-7-5-8-12-26/h5-21H,1-4H3. The predicted molar refractivity (Wildman–Crippen MR) is 178 cm³/mol. The van der Waals surface area contributed by atoms with Gasteiger partial charge >= 0.3 is 0 Å². The zero-order valence-electron chi connectivity index (χ0n) is 25.8. The quantitative estimate of drug-likeness (QED) is 0.192. The Hall–Kier alpha value is -6.09. The first-order chi connectivity index (χ1) is 22.4. The third kappa shape index (κ3) is 6.11. The van der Waals surface area contributed by atoms with Crippen LogP contribution in [0.15, 0.2) is 103 Å². The zero-order valence-corrected chi connectivity index (χ0v) is 25.8. The van der Waals surface area contributed by atoms with Crippen molar-refractivity contribution >= 4 is 0 Å². The van der Waals surface area contributed by atoms with E-state index in [2.05, 4.69) is 54.2 Å². The summed E-state index contributed by atoms with van der Waals surface area (Å²) in [4.78, 5) is 42.2. The first-order valence-corrected chi connectivity index (χ1v) is 14.9. The summed E-state index contributed by atoms with van der Waals surface area (Å²) in [5.74, 6) is 5.26. The smallest absolute Gasteiger partial charge is 0.164 e. The number of benzene rings is 4. The summed E-state index contributed by atoms with van der Waals surface area (Å²) >= 11 is 0. The lowest BCUT2D eigenvalue weighted by Crippen LogP contribution is -2.03. The van der Waals surface area contributed by atoms with Crippen molar-refractivity contribution in [3.05, 3.63) is 126 Å². The maximum absolute atomic E-state index is 5.01. The molecule has 7 aromatic rings. The van der Waals surface area contributed by atoms with Crippen molar-refractivity contribution in [3.8, 4) is 68.1 Å². The lowest BCUT2D eigenvalue weighted by molar-refractivity contribution is 0.925. The van der Waals surface area contributed by atoms with Gasteiger partial charge in [0.1, 0.15) is 23.3 Å². The average Bonchev–Trinajstić information content (AvgIpc) is 3.08. The summed E-state index contributed by atoms with van der Waals surface area (Å²) in [5.41, 5.74) is 6.32. The van der Waals surface area contributed by atoms with Gasteiger partial charge in [-0.2, -0.15) is 0 Å². The van der Waals surface area contributed by atoms with Crippen LogP contribution in [0.3, 0.4) is 0 Å². The zero-order chi connectivity index (χ0) is 31.6. The van der Waals surface area contributed by atoms with Crippen molar-refractivity contribution in [3.63, 3.8) is 0 Å². The van der Waals surface area contributed by atoms with Crippen LogP contribution in [0, 0.1) is 27.7 Å². The van der Waals surface area contributed by atoms with E-state index in [1.165, 1.54) is 0 Å². The molecule has 3 aromatic heterocycles. The minimum atomic E-state index is 0.504. The molecular formula is C37H29N9. The first kappa shape index (κ1) is 28.7. The van der Waals surface area contributed by atoms with Crippen LogP contribution < -0.4 is 0 Å². The van der Waals surface area contributed by atoms with E-state index < -0.39 is 0 Å². The fraction of sp³-hybridized carbons (Fsp3) is 0.108. The van der Waals surface area contributed by atoms with Gasteiger partial charge in [0.25, 0.3) is 0 Å². The van der Waals surface area contributed by atoms with Crippen LogP contribution in [0.25, 0.3) is 68.1 Å². The van der Waals surface area contributed by atoms with Gasteiger partial charge in [0.15, 0.2) is 29.1 Å². The van der Waals surface area contributed by atoms with Gasteiger partial charge in [-0.15, -0.1) is 0 Å². The Morgan fingerprint density at radius 1 is 0.261 bits per heavy atom. The molecule has 0 saturated heterocycles. The monoisotopic (exact) mass is 599 g/mol. The van der Waals surface area contributed by atoms with Crippen molar-refractivity contribution in [2.24, 2.45) is 0 Å². The highest BCUT2D eigenvalue weighted by molar-refractivity contribution is 5.77. The Balaban J connectivity index is 1.42. The van der Waals surface area contributed by atoms with E-state index in [4.69, 9.17) is 15.0 Å². The number of hydrogen-bond donors (Lipinski definition) is 0. The Morgan fingerprint density at radius 3 is 0.957 bits per heavy atom. The molecule has 9 nitrogen and oxygen atoms in total. The van der Waals surface area contributed by atoms with Gasteiger partial charge < -0.3 is 0 Å². The maximum atomic E-state index is 5.01. The normalized spacial score (nSPS) is 11.0. The number of aryl methyl sites for hydroxylation is 4. The minimum absolute atomic E-state index is 0.504. The molecule has 0 radical (unpaired) electrons. The Bertz CT molecular complexity index is 2070. The number of rotatable bonds is 6. The van der Waals surface area contributed by atoms with E-state index in [1.807, 2.05) is 107 Å². The molecule has 0 amide bonds. The fourth-order valence-corrected chi connectivity index (χ4v) is 5.30. The van der Waals surface area contributed by atoms with Gasteiger partial charge in [-0.1, -0.05) is 84.9 Å². The molecule has 0 spiro atoms. The highest BCUT2D eigenvalue weighted by Gasteiger charge is 2.17. The Kier molecular flexibility index (Phi) is 7.56. The Morgan fingerprint density at radius 2 is 0.543 bits per heavy atom. The Labute approximate surface area is 266 Å². The summed E-state index contributed by atoms with van der Waals surface area (Å²) < 4.78 is 0. The molecular weight excluding hydrogens is 570 g/mol. The van der Waals surface area contributed by atoms with Crippen molar-refractivity contribution in [1.29, 1.82) is 0 Å². The second-order valence-electron chi connectivity index (χ2n) is 10.9. The van der Waals surface area contributed by atoms with E-state index in [-0.39, 0.29) is 0 Å². The fourth-order valence-electron chi connectivity index (χ4n) is 5.30. The van der Waals surface area contributed by atoms with E-state index in [0.29, 0.717) is 52.4 Å². The second-order valence-corrected chi connectivity index (χ2v) is 10.9. The summed E-state index contributed by atoms with van der Waals surface area (Å²) in [5, 5.41) is 0. The van der Waals surface area contributed by atoms with Gasteiger partial charge in [-0.25, -0.2) is 44.9 Å². The number of nitrogens with zero attached hydrogens (tertiary/aromatic N) is 9. The van der Waals surface area contributed by atoms with Gasteiger partial charge in [0, 0.05) is 27.8 Å². The minimum Gasteiger partial charge on any atom is -0.219 e. The molecule has 0 atom stereocenters. The van der Waals surface area contributed by atoms with Gasteiger partial charge in [0.2, 0.25) is 0 Å². The molecule has 4 aromatic carbocycles. The highest BCUT2D eigenvalue weighted by Crippen LogP contribution is 2.32. The van der Waals surface area contributed by atoms with Crippen LogP contribution in [0.2, 0.25) is 0 Å². The van der Waals surface area contributed by atoms with Crippen LogP contribution in [0.1, 0.15) is 23.3 Å². The maximum Gasteiger partial charge on any atom is 0.164 e.